The zero-order valence-corrected chi connectivity index (χ0v) is 11.0. The lowest BCUT2D eigenvalue weighted by molar-refractivity contribution is 0.619. The van der Waals surface area contributed by atoms with Crippen molar-refractivity contribution in [2.45, 2.75) is 27.3 Å². The highest BCUT2D eigenvalue weighted by Crippen LogP contribution is 2.19. The number of benzene rings is 1. The van der Waals surface area contributed by atoms with Crippen molar-refractivity contribution in [3.63, 3.8) is 0 Å². The molecule has 0 aliphatic heterocycles. The molecule has 1 aromatic heterocycles. The van der Waals surface area contributed by atoms with Crippen LogP contribution in [-0.4, -0.2) is 4.98 Å². The Labute approximate surface area is 105 Å². The fraction of sp³-hybridized carbons (Fsp3) is 0.308. The normalized spacial score (nSPS) is 10.6. The van der Waals surface area contributed by atoms with E-state index in [9.17, 15) is 4.39 Å². The first-order valence-electron chi connectivity index (χ1n) is 5.49. The van der Waals surface area contributed by atoms with Crippen LogP contribution in [0.15, 0.2) is 18.2 Å². The lowest BCUT2D eigenvalue weighted by atomic mass is 10.2. The molecule has 0 bridgehead atoms. The van der Waals surface area contributed by atoms with Gasteiger partial charge in [0.2, 0.25) is 0 Å². The van der Waals surface area contributed by atoms with Crippen molar-refractivity contribution in [1.82, 2.24) is 4.98 Å². The third kappa shape index (κ3) is 2.82. The lowest BCUT2D eigenvalue weighted by Gasteiger charge is -2.05. The standard InChI is InChI=1S/C13H15FN2S/c1-8-4-5-11(6-12(8)14)15-7-13-16-9(2)10(3)17-13/h4-6,15H,7H2,1-3H3. The smallest absolute Gasteiger partial charge is 0.128 e. The van der Waals surface area contributed by atoms with Gasteiger partial charge < -0.3 is 5.32 Å². The quantitative estimate of drug-likeness (QED) is 0.895. The second-order valence-corrected chi connectivity index (χ2v) is 5.35. The average molecular weight is 250 g/mol. The molecule has 90 valence electrons. The number of hydrogen-bond acceptors (Lipinski definition) is 3. The number of anilines is 1. The summed E-state index contributed by atoms with van der Waals surface area (Å²) in [5, 5.41) is 4.21. The van der Waals surface area contributed by atoms with Gasteiger partial charge in [0, 0.05) is 10.6 Å². The first kappa shape index (κ1) is 12.0. The van der Waals surface area contributed by atoms with E-state index in [2.05, 4.69) is 17.2 Å². The van der Waals surface area contributed by atoms with E-state index in [0.717, 1.165) is 16.4 Å². The lowest BCUT2D eigenvalue weighted by Crippen LogP contribution is -1.99. The van der Waals surface area contributed by atoms with Gasteiger partial charge in [0.25, 0.3) is 0 Å². The van der Waals surface area contributed by atoms with Crippen LogP contribution >= 0.6 is 11.3 Å². The van der Waals surface area contributed by atoms with Crippen molar-refractivity contribution in [3.8, 4) is 0 Å². The van der Waals surface area contributed by atoms with Gasteiger partial charge in [0.05, 0.1) is 12.2 Å². The Morgan fingerprint density at radius 2 is 2.06 bits per heavy atom. The van der Waals surface area contributed by atoms with E-state index in [0.29, 0.717) is 12.1 Å². The van der Waals surface area contributed by atoms with E-state index in [-0.39, 0.29) is 5.82 Å². The van der Waals surface area contributed by atoms with Crippen molar-refractivity contribution < 1.29 is 4.39 Å². The second-order valence-electron chi connectivity index (χ2n) is 4.07. The molecule has 4 heteroatoms. The number of nitrogens with one attached hydrogen (secondary N) is 1. The number of aryl methyl sites for hydroxylation is 3. The van der Waals surface area contributed by atoms with Gasteiger partial charge in [-0.2, -0.15) is 0 Å². The maximum Gasteiger partial charge on any atom is 0.128 e. The molecule has 1 N–H and O–H groups in total. The van der Waals surface area contributed by atoms with E-state index in [1.54, 1.807) is 24.3 Å². The van der Waals surface area contributed by atoms with Crippen LogP contribution in [0, 0.1) is 26.6 Å². The maximum atomic E-state index is 13.3. The molecule has 0 saturated carbocycles. The molecule has 2 rings (SSSR count). The number of thiazole rings is 1. The van der Waals surface area contributed by atoms with E-state index in [1.807, 2.05) is 13.0 Å². The summed E-state index contributed by atoms with van der Waals surface area (Å²) in [4.78, 5) is 5.66. The molecule has 0 unspecified atom stereocenters. The van der Waals surface area contributed by atoms with Crippen LogP contribution in [0.3, 0.4) is 0 Å². The van der Waals surface area contributed by atoms with Gasteiger partial charge in [-0.15, -0.1) is 11.3 Å². The highest BCUT2D eigenvalue weighted by Gasteiger charge is 2.04. The average Bonchev–Trinajstić information content (AvgIpc) is 2.60. The Morgan fingerprint density at radius 1 is 1.29 bits per heavy atom. The monoisotopic (exact) mass is 250 g/mol. The molecule has 0 amide bonds. The van der Waals surface area contributed by atoms with Crippen LogP contribution in [0.4, 0.5) is 10.1 Å². The molecular weight excluding hydrogens is 235 g/mol. The molecule has 2 nitrogen and oxygen atoms in total. The molecule has 0 saturated heterocycles. The Balaban J connectivity index is 2.04. The number of hydrogen-bond donors (Lipinski definition) is 1. The molecule has 0 aliphatic rings. The highest BCUT2D eigenvalue weighted by molar-refractivity contribution is 7.11. The van der Waals surface area contributed by atoms with Gasteiger partial charge in [-0.05, 0) is 38.5 Å². The maximum absolute atomic E-state index is 13.3. The van der Waals surface area contributed by atoms with Crippen LogP contribution in [0.5, 0.6) is 0 Å². The summed E-state index contributed by atoms with van der Waals surface area (Å²) in [6.07, 6.45) is 0. The minimum Gasteiger partial charge on any atom is -0.378 e. The number of halogens is 1. The Morgan fingerprint density at radius 3 is 2.65 bits per heavy atom. The predicted molar refractivity (Wildman–Crippen MR) is 70.1 cm³/mol. The first-order chi connectivity index (χ1) is 8.06. The van der Waals surface area contributed by atoms with Crippen LogP contribution < -0.4 is 5.32 Å². The molecule has 0 atom stereocenters. The van der Waals surface area contributed by atoms with E-state index in [1.165, 1.54) is 10.9 Å². The van der Waals surface area contributed by atoms with Gasteiger partial charge >= 0.3 is 0 Å². The summed E-state index contributed by atoms with van der Waals surface area (Å²) in [6, 6.07) is 5.17. The number of aromatic nitrogens is 1. The van der Waals surface area contributed by atoms with Gasteiger partial charge in [-0.25, -0.2) is 9.37 Å². The van der Waals surface area contributed by atoms with E-state index in [4.69, 9.17) is 0 Å². The fourth-order valence-corrected chi connectivity index (χ4v) is 2.37. The molecule has 17 heavy (non-hydrogen) atoms. The highest BCUT2D eigenvalue weighted by atomic mass is 32.1. The molecule has 0 fully saturated rings. The van der Waals surface area contributed by atoms with Gasteiger partial charge in [-0.3, -0.25) is 0 Å². The SMILES string of the molecule is Cc1ccc(NCc2nc(C)c(C)s2)cc1F. The van der Waals surface area contributed by atoms with Crippen LogP contribution in [0.25, 0.3) is 0 Å². The van der Waals surface area contributed by atoms with Gasteiger partial charge in [0.1, 0.15) is 10.8 Å². The van der Waals surface area contributed by atoms with E-state index >= 15 is 0 Å². The first-order valence-corrected chi connectivity index (χ1v) is 6.31. The van der Waals surface area contributed by atoms with Gasteiger partial charge in [-0.1, -0.05) is 6.07 Å². The van der Waals surface area contributed by atoms with Crippen molar-refractivity contribution in [1.29, 1.82) is 0 Å². The minimum atomic E-state index is -0.179. The zero-order valence-electron chi connectivity index (χ0n) is 10.2. The molecule has 0 spiro atoms. The number of rotatable bonds is 3. The van der Waals surface area contributed by atoms with E-state index < -0.39 is 0 Å². The van der Waals surface area contributed by atoms with Crippen molar-refractivity contribution in [3.05, 3.63) is 45.2 Å². The molecule has 1 aromatic carbocycles. The molecule has 0 radical (unpaired) electrons. The molecule has 0 aliphatic carbocycles. The topological polar surface area (TPSA) is 24.9 Å². The third-order valence-electron chi connectivity index (χ3n) is 2.69. The summed E-state index contributed by atoms with van der Waals surface area (Å²) in [5.74, 6) is -0.179. The van der Waals surface area contributed by atoms with Crippen molar-refractivity contribution in [2.75, 3.05) is 5.32 Å². The van der Waals surface area contributed by atoms with Crippen LogP contribution in [0.1, 0.15) is 21.1 Å². The molecule has 2 aromatic rings. The fourth-order valence-electron chi connectivity index (χ4n) is 1.50. The summed E-state index contributed by atoms with van der Waals surface area (Å²) < 4.78 is 13.3. The van der Waals surface area contributed by atoms with Gasteiger partial charge in [0.15, 0.2) is 0 Å². The third-order valence-corrected chi connectivity index (χ3v) is 3.76. The van der Waals surface area contributed by atoms with Crippen molar-refractivity contribution in [2.24, 2.45) is 0 Å². The van der Waals surface area contributed by atoms with Crippen LogP contribution in [-0.2, 0) is 6.54 Å². The summed E-state index contributed by atoms with van der Waals surface area (Å²) >= 11 is 1.67. The summed E-state index contributed by atoms with van der Waals surface area (Å²) in [6.45, 7) is 6.46. The molecular formula is C13H15FN2S. The molecule has 1 heterocycles. The summed E-state index contributed by atoms with van der Waals surface area (Å²) in [5.41, 5.74) is 2.52. The number of nitrogens with zero attached hydrogens (tertiary/aromatic N) is 1. The second kappa shape index (κ2) is 4.84. The van der Waals surface area contributed by atoms with Crippen LogP contribution in [0.2, 0.25) is 0 Å². The largest absolute Gasteiger partial charge is 0.378 e. The Kier molecular flexibility index (Phi) is 3.43. The van der Waals surface area contributed by atoms with Crippen molar-refractivity contribution >= 4 is 17.0 Å². The Hall–Kier alpha value is -1.42. The summed E-state index contributed by atoms with van der Waals surface area (Å²) in [7, 11) is 0. The minimum absolute atomic E-state index is 0.179. The Bertz CT molecular complexity index is 515. The zero-order chi connectivity index (χ0) is 12.4. The predicted octanol–water partition coefficient (Wildman–Crippen LogP) is 3.82.